The molecule has 6 heteroatoms. The summed E-state index contributed by atoms with van der Waals surface area (Å²) in [6, 6.07) is 11.4. The molecule has 1 fully saturated rings. The largest absolute Gasteiger partial charge is 0.496 e. The molecule has 6 nitrogen and oxygen atoms in total. The number of carbonyl (C=O) groups excluding carboxylic acids is 2. The number of hydrogen-bond acceptors (Lipinski definition) is 4. The average molecular weight is 355 g/mol. The Morgan fingerprint density at radius 3 is 2.73 bits per heavy atom. The number of piperidine rings is 1. The highest BCUT2D eigenvalue weighted by molar-refractivity contribution is 6.08. The number of carbonyl (C=O) groups is 2. The zero-order valence-corrected chi connectivity index (χ0v) is 15.0. The van der Waals surface area contributed by atoms with Crippen LogP contribution in [0.3, 0.4) is 0 Å². The van der Waals surface area contributed by atoms with Crippen molar-refractivity contribution < 1.29 is 14.3 Å². The highest BCUT2D eigenvalue weighted by Gasteiger charge is 2.29. The van der Waals surface area contributed by atoms with Gasteiger partial charge in [-0.25, -0.2) is 0 Å². The lowest BCUT2D eigenvalue weighted by atomic mass is 9.95. The fourth-order valence-electron chi connectivity index (χ4n) is 3.52. The predicted octanol–water partition coefficient (Wildman–Crippen LogP) is 1.78. The Kier molecular flexibility index (Phi) is 5.73. The van der Waals surface area contributed by atoms with Crippen LogP contribution in [-0.2, 0) is 4.79 Å². The topological polar surface area (TPSA) is 84.7 Å². The van der Waals surface area contributed by atoms with Gasteiger partial charge < -0.3 is 20.7 Å². The Labute approximate surface area is 153 Å². The quantitative estimate of drug-likeness (QED) is 0.856. The third-order valence-corrected chi connectivity index (χ3v) is 4.86. The average Bonchev–Trinajstić information content (AvgIpc) is 2.70. The summed E-state index contributed by atoms with van der Waals surface area (Å²) >= 11 is 0. The molecule has 3 N–H and O–H groups in total. The number of benzene rings is 2. The molecule has 1 atom stereocenters. The highest BCUT2D eigenvalue weighted by atomic mass is 16.5. The smallest absolute Gasteiger partial charge is 0.254 e. The van der Waals surface area contributed by atoms with Crippen molar-refractivity contribution in [2.24, 2.45) is 11.7 Å². The number of nitrogens with two attached hydrogens (primary N) is 1. The summed E-state index contributed by atoms with van der Waals surface area (Å²) in [5, 5.41) is 4.61. The first-order chi connectivity index (χ1) is 12.7. The predicted molar refractivity (Wildman–Crippen MR) is 101 cm³/mol. The van der Waals surface area contributed by atoms with Crippen LogP contribution in [0.15, 0.2) is 36.4 Å². The van der Waals surface area contributed by atoms with E-state index < -0.39 is 0 Å². The second-order valence-electron chi connectivity index (χ2n) is 6.53. The molecule has 26 heavy (non-hydrogen) atoms. The lowest BCUT2D eigenvalue weighted by molar-refractivity contribution is -0.126. The van der Waals surface area contributed by atoms with Crippen molar-refractivity contribution in [3.8, 4) is 5.75 Å². The number of nitrogens with one attached hydrogen (secondary N) is 1. The van der Waals surface area contributed by atoms with E-state index in [0.29, 0.717) is 31.7 Å². The first-order valence-electron chi connectivity index (χ1n) is 8.98. The van der Waals surface area contributed by atoms with Gasteiger partial charge >= 0.3 is 0 Å². The van der Waals surface area contributed by atoms with Gasteiger partial charge in [-0.3, -0.25) is 9.59 Å². The van der Waals surface area contributed by atoms with Gasteiger partial charge in [0.25, 0.3) is 5.91 Å². The maximum Gasteiger partial charge on any atom is 0.254 e. The zero-order valence-electron chi connectivity index (χ0n) is 15.0. The molecule has 1 aliphatic rings. The molecule has 1 aliphatic heterocycles. The second kappa shape index (κ2) is 8.19. The van der Waals surface area contributed by atoms with Gasteiger partial charge in [-0.2, -0.15) is 0 Å². The van der Waals surface area contributed by atoms with Crippen LogP contribution >= 0.6 is 0 Å². The fraction of sp³-hybridized carbons (Fsp3) is 0.400. The van der Waals surface area contributed by atoms with Gasteiger partial charge in [-0.15, -0.1) is 0 Å². The minimum absolute atomic E-state index is 0.0208. The molecule has 1 unspecified atom stereocenters. The van der Waals surface area contributed by atoms with Crippen LogP contribution in [0.1, 0.15) is 23.2 Å². The molecule has 0 saturated carbocycles. The number of ether oxygens (including phenoxy) is 1. The van der Waals surface area contributed by atoms with Crippen LogP contribution < -0.4 is 15.8 Å². The molecular formula is C20H25N3O3. The summed E-state index contributed by atoms with van der Waals surface area (Å²) in [5.41, 5.74) is 6.09. The van der Waals surface area contributed by atoms with E-state index >= 15 is 0 Å². The molecule has 1 saturated heterocycles. The van der Waals surface area contributed by atoms with E-state index in [0.717, 1.165) is 29.4 Å². The Balaban J connectivity index is 1.83. The fourth-order valence-corrected chi connectivity index (χ4v) is 3.52. The second-order valence-corrected chi connectivity index (χ2v) is 6.53. The number of amides is 2. The van der Waals surface area contributed by atoms with E-state index in [4.69, 9.17) is 10.5 Å². The Hall–Kier alpha value is -2.60. The summed E-state index contributed by atoms with van der Waals surface area (Å²) in [7, 11) is 1.62. The lowest BCUT2D eigenvalue weighted by Gasteiger charge is -2.32. The van der Waals surface area contributed by atoms with E-state index in [2.05, 4.69) is 5.32 Å². The summed E-state index contributed by atoms with van der Waals surface area (Å²) in [6.07, 6.45) is 1.62. The van der Waals surface area contributed by atoms with Crippen molar-refractivity contribution in [3.63, 3.8) is 0 Å². The Bertz CT molecular complexity index is 806. The van der Waals surface area contributed by atoms with Crippen molar-refractivity contribution in [2.45, 2.75) is 12.8 Å². The van der Waals surface area contributed by atoms with Crippen molar-refractivity contribution in [1.82, 2.24) is 10.2 Å². The van der Waals surface area contributed by atoms with Gasteiger partial charge in [0.05, 0.1) is 13.0 Å². The Morgan fingerprint density at radius 1 is 1.23 bits per heavy atom. The summed E-state index contributed by atoms with van der Waals surface area (Å²) < 4.78 is 5.41. The standard InChI is InChI=1S/C20H25N3O3/c1-26-18-9-8-17(15-6-2-3-7-16(15)18)20(25)23-12-4-5-14(13-23)19(24)22-11-10-21/h2-3,6-9,14H,4-5,10-13,21H2,1H3,(H,22,24). The number of likely N-dealkylation sites (tertiary alicyclic amines) is 1. The molecule has 2 aromatic carbocycles. The third-order valence-electron chi connectivity index (χ3n) is 4.86. The molecule has 0 spiro atoms. The Morgan fingerprint density at radius 2 is 2.00 bits per heavy atom. The van der Waals surface area contributed by atoms with Gasteiger partial charge in [-0.1, -0.05) is 24.3 Å². The minimum Gasteiger partial charge on any atom is -0.496 e. The monoisotopic (exact) mass is 355 g/mol. The number of methoxy groups -OCH3 is 1. The molecule has 0 aliphatic carbocycles. The van der Waals surface area contributed by atoms with Crippen LogP contribution in [0.2, 0.25) is 0 Å². The molecule has 2 aromatic rings. The lowest BCUT2D eigenvalue weighted by Crippen LogP contribution is -2.46. The third kappa shape index (κ3) is 3.65. The maximum absolute atomic E-state index is 13.1. The van der Waals surface area contributed by atoms with Gasteiger partial charge in [0.1, 0.15) is 5.75 Å². The summed E-state index contributed by atoms with van der Waals surface area (Å²) in [5.74, 6) is 0.506. The molecule has 3 rings (SSSR count). The number of rotatable bonds is 5. The SMILES string of the molecule is COc1ccc(C(=O)N2CCCC(C(=O)NCCN)C2)c2ccccc12. The number of fused-ring (bicyclic) bond motifs is 1. The minimum atomic E-state index is -0.177. The highest BCUT2D eigenvalue weighted by Crippen LogP contribution is 2.30. The van der Waals surface area contributed by atoms with Crippen LogP contribution in [0.4, 0.5) is 0 Å². The molecule has 2 amide bonds. The van der Waals surface area contributed by atoms with Crippen molar-refractivity contribution in [1.29, 1.82) is 0 Å². The van der Waals surface area contributed by atoms with E-state index in [1.165, 1.54) is 0 Å². The van der Waals surface area contributed by atoms with E-state index in [1.54, 1.807) is 12.0 Å². The first kappa shape index (κ1) is 18.2. The van der Waals surface area contributed by atoms with E-state index in [1.807, 2.05) is 36.4 Å². The van der Waals surface area contributed by atoms with Gasteiger partial charge in [0.2, 0.25) is 5.91 Å². The molecule has 1 heterocycles. The van der Waals surface area contributed by atoms with Crippen molar-refractivity contribution in [2.75, 3.05) is 33.3 Å². The molecule has 138 valence electrons. The van der Waals surface area contributed by atoms with Crippen LogP contribution in [0.5, 0.6) is 5.75 Å². The molecule has 0 radical (unpaired) electrons. The van der Waals surface area contributed by atoms with Crippen LogP contribution in [-0.4, -0.2) is 50.0 Å². The van der Waals surface area contributed by atoms with E-state index in [9.17, 15) is 9.59 Å². The molecule has 0 aromatic heterocycles. The molecule has 0 bridgehead atoms. The first-order valence-corrected chi connectivity index (χ1v) is 8.98. The number of hydrogen-bond donors (Lipinski definition) is 2. The number of nitrogens with zero attached hydrogens (tertiary/aromatic N) is 1. The zero-order chi connectivity index (χ0) is 18.5. The normalized spacial score (nSPS) is 17.2. The maximum atomic E-state index is 13.1. The molecular weight excluding hydrogens is 330 g/mol. The van der Waals surface area contributed by atoms with Gasteiger partial charge in [0, 0.05) is 37.1 Å². The summed E-state index contributed by atoms with van der Waals surface area (Å²) in [4.78, 5) is 27.1. The van der Waals surface area contributed by atoms with Crippen LogP contribution in [0.25, 0.3) is 10.8 Å². The van der Waals surface area contributed by atoms with Gasteiger partial charge in [0.15, 0.2) is 0 Å². The van der Waals surface area contributed by atoms with Gasteiger partial charge in [-0.05, 0) is 30.4 Å². The summed E-state index contributed by atoms with van der Waals surface area (Å²) in [6.45, 7) is 1.99. The van der Waals surface area contributed by atoms with E-state index in [-0.39, 0.29) is 17.7 Å². The van der Waals surface area contributed by atoms with Crippen molar-refractivity contribution >= 4 is 22.6 Å². The van der Waals surface area contributed by atoms with Crippen LogP contribution in [0, 0.1) is 5.92 Å². The van der Waals surface area contributed by atoms with Crippen molar-refractivity contribution in [3.05, 3.63) is 42.0 Å².